The zero-order valence-electron chi connectivity index (χ0n) is 48.4. The van der Waals surface area contributed by atoms with E-state index in [4.69, 9.17) is 13.8 Å². The fourth-order valence-corrected chi connectivity index (χ4v) is 9.83. The number of allylic oxidation sites excluding steroid dienone is 5. The Morgan fingerprint density at radius 1 is 0.500 bits per heavy atom. The Morgan fingerprint density at radius 3 is 1.32 bits per heavy atom. The van der Waals surface area contributed by atoms with Crippen molar-refractivity contribution in [3.8, 4) is 0 Å². The van der Waals surface area contributed by atoms with Gasteiger partial charge >= 0.3 is 13.8 Å². The Labute approximate surface area is 446 Å². The number of carbonyl (C=O) groups is 2. The van der Waals surface area contributed by atoms with Crippen LogP contribution in [0.1, 0.15) is 297 Å². The molecule has 0 rings (SSSR count). The first-order valence-electron chi connectivity index (χ1n) is 30.8. The Morgan fingerprint density at radius 2 is 0.889 bits per heavy atom. The van der Waals surface area contributed by atoms with Gasteiger partial charge in [-0.15, -0.1) is 0 Å². The molecule has 0 spiro atoms. The largest absolute Gasteiger partial charge is 0.472 e. The minimum Gasteiger partial charge on any atom is -0.456 e. The van der Waals surface area contributed by atoms with E-state index in [1.54, 1.807) is 0 Å². The average Bonchev–Trinajstić information content (AvgIpc) is 3.34. The van der Waals surface area contributed by atoms with E-state index in [1.807, 2.05) is 33.3 Å². The van der Waals surface area contributed by atoms with Crippen molar-refractivity contribution in [1.29, 1.82) is 0 Å². The molecule has 0 radical (unpaired) electrons. The van der Waals surface area contributed by atoms with E-state index in [1.165, 1.54) is 180 Å². The van der Waals surface area contributed by atoms with E-state index in [-0.39, 0.29) is 25.1 Å². The molecule has 0 saturated carbocycles. The van der Waals surface area contributed by atoms with Crippen LogP contribution < -0.4 is 5.32 Å². The summed E-state index contributed by atoms with van der Waals surface area (Å²) in [7, 11) is 1.50. The summed E-state index contributed by atoms with van der Waals surface area (Å²) in [5, 5.41) is 3.05. The SMILES string of the molecule is CC/C=C/C/C=C/CCCCCCCCCC(=O)NC(COP(=O)(O)OCC[N+](C)(C)C)C(/C=C/CCCCCCCCCCCCC)OC(=O)CCCCCCCCCCCCCCCCCCCCC. The van der Waals surface area contributed by atoms with E-state index >= 15 is 0 Å². The maximum absolute atomic E-state index is 13.5. The van der Waals surface area contributed by atoms with Crippen LogP contribution in [0.2, 0.25) is 0 Å². The zero-order valence-corrected chi connectivity index (χ0v) is 49.3. The number of nitrogens with zero attached hydrogens (tertiary/aromatic N) is 1. The van der Waals surface area contributed by atoms with Gasteiger partial charge in [-0.3, -0.25) is 18.6 Å². The van der Waals surface area contributed by atoms with E-state index < -0.39 is 20.0 Å². The van der Waals surface area contributed by atoms with Crippen molar-refractivity contribution in [3.05, 3.63) is 36.5 Å². The molecule has 72 heavy (non-hydrogen) atoms. The molecule has 424 valence electrons. The number of rotatable bonds is 56. The number of phosphoric acid groups is 1. The van der Waals surface area contributed by atoms with Gasteiger partial charge in [0.1, 0.15) is 19.3 Å². The van der Waals surface area contributed by atoms with Crippen molar-refractivity contribution in [1.82, 2.24) is 5.32 Å². The fraction of sp³-hybridized carbons (Fsp3) is 0.871. The minimum absolute atomic E-state index is 0.0407. The van der Waals surface area contributed by atoms with Gasteiger partial charge in [-0.1, -0.05) is 263 Å². The van der Waals surface area contributed by atoms with E-state index in [9.17, 15) is 19.0 Å². The molecular formula is C62H120N2O7P+. The second-order valence-electron chi connectivity index (χ2n) is 22.2. The number of quaternary nitrogens is 1. The molecule has 0 bridgehead atoms. The highest BCUT2D eigenvalue weighted by molar-refractivity contribution is 7.47. The molecule has 1 amide bonds. The molecule has 0 heterocycles. The third-order valence-corrected chi connectivity index (χ3v) is 14.8. The third kappa shape index (κ3) is 53.1. The first kappa shape index (κ1) is 70.2. The number of ether oxygens (including phenoxy) is 1. The quantitative estimate of drug-likeness (QED) is 0.0205. The number of unbranched alkanes of at least 4 members (excludes halogenated alkanes) is 36. The molecule has 0 aromatic heterocycles. The first-order valence-corrected chi connectivity index (χ1v) is 32.3. The fourth-order valence-electron chi connectivity index (χ4n) is 9.10. The highest BCUT2D eigenvalue weighted by Crippen LogP contribution is 2.43. The second-order valence-corrected chi connectivity index (χ2v) is 23.7. The van der Waals surface area contributed by atoms with Crippen LogP contribution >= 0.6 is 7.82 Å². The molecule has 0 aliphatic rings. The number of nitrogens with one attached hydrogen (secondary N) is 1. The molecule has 0 aromatic rings. The van der Waals surface area contributed by atoms with Gasteiger partial charge in [0.05, 0.1) is 33.8 Å². The topological polar surface area (TPSA) is 111 Å². The minimum atomic E-state index is -4.44. The molecule has 2 N–H and O–H groups in total. The maximum atomic E-state index is 13.5. The molecular weight excluding hydrogens is 916 g/mol. The van der Waals surface area contributed by atoms with Crippen LogP contribution in [0, 0.1) is 0 Å². The second kappa shape index (κ2) is 52.7. The Balaban J connectivity index is 5.25. The smallest absolute Gasteiger partial charge is 0.456 e. The summed E-state index contributed by atoms with van der Waals surface area (Å²) in [4.78, 5) is 37.7. The highest BCUT2D eigenvalue weighted by Gasteiger charge is 2.30. The Kier molecular flexibility index (Phi) is 51.4. The summed E-state index contributed by atoms with van der Waals surface area (Å²) in [5.74, 6) is -0.501. The van der Waals surface area contributed by atoms with Gasteiger partial charge in [-0.25, -0.2) is 4.57 Å². The summed E-state index contributed by atoms with van der Waals surface area (Å²) < 4.78 is 30.7. The van der Waals surface area contributed by atoms with Crippen LogP contribution in [0.15, 0.2) is 36.5 Å². The average molecular weight is 1040 g/mol. The molecule has 0 saturated heterocycles. The molecule has 3 unspecified atom stereocenters. The predicted molar refractivity (Wildman–Crippen MR) is 309 cm³/mol. The maximum Gasteiger partial charge on any atom is 0.472 e. The van der Waals surface area contributed by atoms with Gasteiger partial charge in [0, 0.05) is 12.8 Å². The van der Waals surface area contributed by atoms with E-state index in [0.717, 1.165) is 83.5 Å². The number of esters is 1. The lowest BCUT2D eigenvalue weighted by atomic mass is 10.0. The summed E-state index contributed by atoms with van der Waals surface area (Å²) in [6, 6.07) is -0.848. The molecule has 9 nitrogen and oxygen atoms in total. The van der Waals surface area contributed by atoms with Crippen molar-refractivity contribution in [2.45, 2.75) is 309 Å². The van der Waals surface area contributed by atoms with E-state index in [2.05, 4.69) is 50.4 Å². The van der Waals surface area contributed by atoms with E-state index in [0.29, 0.717) is 23.9 Å². The number of hydrogen-bond acceptors (Lipinski definition) is 6. The van der Waals surface area contributed by atoms with Crippen molar-refractivity contribution < 1.29 is 37.3 Å². The van der Waals surface area contributed by atoms with Gasteiger partial charge in [-0.2, -0.15) is 0 Å². The highest BCUT2D eigenvalue weighted by atomic mass is 31.2. The predicted octanol–water partition coefficient (Wildman–Crippen LogP) is 18.7. The lowest BCUT2D eigenvalue weighted by Crippen LogP contribution is -2.47. The summed E-state index contributed by atoms with van der Waals surface area (Å²) in [5.41, 5.74) is 0. The van der Waals surface area contributed by atoms with Crippen LogP contribution in [-0.4, -0.2) is 74.3 Å². The van der Waals surface area contributed by atoms with Crippen LogP contribution in [-0.2, 0) is 27.9 Å². The molecule has 10 heteroatoms. The molecule has 0 fully saturated rings. The molecule has 0 aromatic carbocycles. The summed E-state index contributed by atoms with van der Waals surface area (Å²) >= 11 is 0. The van der Waals surface area contributed by atoms with Crippen molar-refractivity contribution in [3.63, 3.8) is 0 Å². The summed E-state index contributed by atoms with van der Waals surface area (Å²) in [6.07, 6.45) is 62.8. The third-order valence-electron chi connectivity index (χ3n) is 13.8. The van der Waals surface area contributed by atoms with Crippen molar-refractivity contribution in [2.75, 3.05) is 40.9 Å². The summed E-state index contributed by atoms with van der Waals surface area (Å²) in [6.45, 7) is 6.94. The molecule has 3 atom stereocenters. The van der Waals surface area contributed by atoms with Crippen LogP contribution in [0.5, 0.6) is 0 Å². The van der Waals surface area contributed by atoms with Gasteiger partial charge in [-0.05, 0) is 57.4 Å². The van der Waals surface area contributed by atoms with Crippen LogP contribution in [0.3, 0.4) is 0 Å². The first-order chi connectivity index (χ1) is 34.9. The molecule has 0 aliphatic heterocycles. The monoisotopic (exact) mass is 1040 g/mol. The van der Waals surface area contributed by atoms with Gasteiger partial charge in [0.2, 0.25) is 5.91 Å². The Bertz CT molecular complexity index is 1330. The lowest BCUT2D eigenvalue weighted by molar-refractivity contribution is -0.870. The Hall–Kier alpha value is -1.77. The number of likely N-dealkylation sites (N-methyl/N-ethyl adjacent to an activating group) is 1. The molecule has 0 aliphatic carbocycles. The van der Waals surface area contributed by atoms with Crippen LogP contribution in [0.25, 0.3) is 0 Å². The van der Waals surface area contributed by atoms with Crippen molar-refractivity contribution >= 4 is 19.7 Å². The van der Waals surface area contributed by atoms with Gasteiger partial charge < -0.3 is 19.4 Å². The van der Waals surface area contributed by atoms with Gasteiger partial charge in [0.25, 0.3) is 0 Å². The number of phosphoric ester groups is 1. The lowest BCUT2D eigenvalue weighted by Gasteiger charge is -2.27. The number of carbonyl (C=O) groups excluding carboxylic acids is 2. The van der Waals surface area contributed by atoms with Crippen molar-refractivity contribution in [2.24, 2.45) is 0 Å². The number of amides is 1. The zero-order chi connectivity index (χ0) is 52.9. The van der Waals surface area contributed by atoms with Crippen LogP contribution in [0.4, 0.5) is 0 Å². The normalized spacial score (nSPS) is 13.9. The standard InChI is InChI=1S/C62H119N2O7P/c1-7-10-13-16-19-22-25-28-30-31-32-33-34-37-40-43-46-49-52-55-62(66)71-60(53-50-47-44-41-38-35-27-24-21-18-15-12-9-3)59(58-70-72(67,68)69-57-56-64(4,5)6)63-61(65)54-51-48-45-42-39-36-29-26-23-20-17-14-11-8-2/h11,14,20,23,50,53,59-60H,7-10,12-13,15-19,21-22,24-49,51-52,54-58H2,1-6H3,(H-,63,65,67,68)/p+1/b14-11+,23-20+,53-50+. The number of hydrogen-bond donors (Lipinski definition) is 2. The van der Waals surface area contributed by atoms with Gasteiger partial charge in [0.15, 0.2) is 0 Å².